The summed E-state index contributed by atoms with van der Waals surface area (Å²) in [4.78, 5) is 0. The average Bonchev–Trinajstić information content (AvgIpc) is 2.43. The minimum Gasteiger partial charge on any atom is -0.384 e. The van der Waals surface area contributed by atoms with Crippen molar-refractivity contribution in [3.8, 4) is 0 Å². The molecular formula is C10H17N3. The summed E-state index contributed by atoms with van der Waals surface area (Å²) in [6.07, 6.45) is 9.67. The van der Waals surface area contributed by atoms with Crippen molar-refractivity contribution in [2.75, 3.05) is 5.73 Å². The van der Waals surface area contributed by atoms with Gasteiger partial charge in [-0.05, 0) is 18.9 Å². The SMILES string of the molecule is Nc1ccnn1C1CCCCCC1. The minimum absolute atomic E-state index is 0.553. The summed E-state index contributed by atoms with van der Waals surface area (Å²) in [6.45, 7) is 0. The lowest BCUT2D eigenvalue weighted by atomic mass is 10.1. The molecule has 1 saturated carbocycles. The van der Waals surface area contributed by atoms with E-state index in [9.17, 15) is 0 Å². The zero-order valence-corrected chi connectivity index (χ0v) is 7.95. The number of aromatic nitrogens is 2. The highest BCUT2D eigenvalue weighted by atomic mass is 15.3. The zero-order valence-electron chi connectivity index (χ0n) is 7.95. The molecule has 0 saturated heterocycles. The molecule has 1 aliphatic carbocycles. The first-order valence-corrected chi connectivity index (χ1v) is 5.17. The molecule has 13 heavy (non-hydrogen) atoms. The molecule has 2 rings (SSSR count). The summed E-state index contributed by atoms with van der Waals surface area (Å²) in [7, 11) is 0. The molecule has 1 heterocycles. The lowest BCUT2D eigenvalue weighted by Gasteiger charge is -2.15. The van der Waals surface area contributed by atoms with Crippen LogP contribution in [0.25, 0.3) is 0 Å². The second kappa shape index (κ2) is 3.81. The number of rotatable bonds is 1. The number of anilines is 1. The van der Waals surface area contributed by atoms with Gasteiger partial charge in [-0.2, -0.15) is 5.10 Å². The first-order chi connectivity index (χ1) is 6.38. The van der Waals surface area contributed by atoms with E-state index >= 15 is 0 Å². The highest BCUT2D eigenvalue weighted by molar-refractivity contribution is 5.26. The van der Waals surface area contributed by atoms with Gasteiger partial charge in [0.2, 0.25) is 0 Å². The summed E-state index contributed by atoms with van der Waals surface area (Å²) >= 11 is 0. The third-order valence-corrected chi connectivity index (χ3v) is 2.87. The van der Waals surface area contributed by atoms with Crippen LogP contribution in [0, 0.1) is 0 Å². The number of nitrogen functional groups attached to an aromatic ring is 1. The van der Waals surface area contributed by atoms with Gasteiger partial charge in [-0.3, -0.25) is 0 Å². The van der Waals surface area contributed by atoms with Crippen molar-refractivity contribution < 1.29 is 0 Å². The van der Waals surface area contributed by atoms with E-state index in [1.165, 1.54) is 38.5 Å². The van der Waals surface area contributed by atoms with E-state index in [0.29, 0.717) is 6.04 Å². The van der Waals surface area contributed by atoms with Crippen LogP contribution in [0.5, 0.6) is 0 Å². The van der Waals surface area contributed by atoms with Gasteiger partial charge in [-0.1, -0.05) is 25.7 Å². The Labute approximate surface area is 78.9 Å². The Morgan fingerprint density at radius 3 is 2.46 bits per heavy atom. The largest absolute Gasteiger partial charge is 0.384 e. The third kappa shape index (κ3) is 1.85. The fraction of sp³-hybridized carbons (Fsp3) is 0.700. The smallest absolute Gasteiger partial charge is 0.121 e. The maximum absolute atomic E-state index is 5.82. The molecule has 0 spiro atoms. The second-order valence-electron chi connectivity index (χ2n) is 3.85. The van der Waals surface area contributed by atoms with Gasteiger partial charge in [0.05, 0.1) is 12.2 Å². The number of nitrogens with zero attached hydrogens (tertiary/aromatic N) is 2. The molecule has 1 fully saturated rings. The molecule has 1 aromatic heterocycles. The Balaban J connectivity index is 2.10. The average molecular weight is 179 g/mol. The van der Waals surface area contributed by atoms with Crippen LogP contribution in [0.3, 0.4) is 0 Å². The maximum Gasteiger partial charge on any atom is 0.121 e. The van der Waals surface area contributed by atoms with Crippen LogP contribution < -0.4 is 5.73 Å². The molecule has 0 atom stereocenters. The van der Waals surface area contributed by atoms with Crippen molar-refractivity contribution in [2.45, 2.75) is 44.6 Å². The van der Waals surface area contributed by atoms with Crippen molar-refractivity contribution in [3.63, 3.8) is 0 Å². The highest BCUT2D eigenvalue weighted by Gasteiger charge is 2.15. The Morgan fingerprint density at radius 1 is 1.23 bits per heavy atom. The van der Waals surface area contributed by atoms with E-state index in [4.69, 9.17) is 5.73 Å². The van der Waals surface area contributed by atoms with Gasteiger partial charge in [-0.25, -0.2) is 4.68 Å². The summed E-state index contributed by atoms with van der Waals surface area (Å²) in [6, 6.07) is 2.43. The molecule has 0 amide bonds. The monoisotopic (exact) mass is 179 g/mol. The van der Waals surface area contributed by atoms with E-state index in [2.05, 4.69) is 5.10 Å². The molecule has 1 aromatic rings. The Hall–Kier alpha value is -0.990. The minimum atomic E-state index is 0.553. The van der Waals surface area contributed by atoms with Crippen LogP contribution in [0.15, 0.2) is 12.3 Å². The maximum atomic E-state index is 5.82. The van der Waals surface area contributed by atoms with Crippen molar-refractivity contribution in [1.29, 1.82) is 0 Å². The molecule has 1 aliphatic rings. The van der Waals surface area contributed by atoms with Crippen molar-refractivity contribution >= 4 is 5.82 Å². The van der Waals surface area contributed by atoms with Gasteiger partial charge >= 0.3 is 0 Å². The van der Waals surface area contributed by atoms with Crippen molar-refractivity contribution in [3.05, 3.63) is 12.3 Å². The Kier molecular flexibility index (Phi) is 2.52. The topological polar surface area (TPSA) is 43.8 Å². The Bertz CT molecular complexity index is 259. The van der Waals surface area contributed by atoms with Crippen LogP contribution in [0.2, 0.25) is 0 Å². The molecule has 3 nitrogen and oxygen atoms in total. The number of hydrogen-bond acceptors (Lipinski definition) is 2. The summed E-state index contributed by atoms with van der Waals surface area (Å²) in [5.74, 6) is 0.812. The quantitative estimate of drug-likeness (QED) is 0.672. The molecule has 0 radical (unpaired) electrons. The van der Waals surface area contributed by atoms with Gasteiger partial charge in [0.25, 0.3) is 0 Å². The second-order valence-corrected chi connectivity index (χ2v) is 3.85. The lowest BCUT2D eigenvalue weighted by molar-refractivity contribution is 0.411. The first-order valence-electron chi connectivity index (χ1n) is 5.17. The van der Waals surface area contributed by atoms with E-state index in [0.717, 1.165) is 5.82 Å². The van der Waals surface area contributed by atoms with Gasteiger partial charge in [0, 0.05) is 0 Å². The predicted octanol–water partition coefficient (Wildman–Crippen LogP) is 2.36. The van der Waals surface area contributed by atoms with Crippen LogP contribution in [0.4, 0.5) is 5.82 Å². The van der Waals surface area contributed by atoms with Gasteiger partial charge in [0.1, 0.15) is 5.82 Å². The fourth-order valence-electron chi connectivity index (χ4n) is 2.13. The normalized spacial score (nSPS) is 20.0. The van der Waals surface area contributed by atoms with Crippen LogP contribution in [-0.2, 0) is 0 Å². The summed E-state index contributed by atoms with van der Waals surface area (Å²) < 4.78 is 1.99. The zero-order chi connectivity index (χ0) is 9.10. The molecule has 0 aromatic carbocycles. The van der Waals surface area contributed by atoms with Crippen molar-refractivity contribution in [2.24, 2.45) is 0 Å². The summed E-state index contributed by atoms with van der Waals surface area (Å²) in [5, 5.41) is 4.27. The molecule has 2 N–H and O–H groups in total. The van der Waals surface area contributed by atoms with Crippen LogP contribution in [0.1, 0.15) is 44.6 Å². The third-order valence-electron chi connectivity index (χ3n) is 2.87. The predicted molar refractivity (Wildman–Crippen MR) is 53.4 cm³/mol. The van der Waals surface area contributed by atoms with E-state index in [1.807, 2.05) is 10.7 Å². The molecule has 72 valence electrons. The standard InChI is InChI=1S/C10H17N3/c11-10-7-8-12-13(10)9-5-3-1-2-4-6-9/h7-9H,1-6,11H2. The van der Waals surface area contributed by atoms with Gasteiger partial charge in [-0.15, -0.1) is 0 Å². The van der Waals surface area contributed by atoms with E-state index < -0.39 is 0 Å². The molecule has 0 unspecified atom stereocenters. The highest BCUT2D eigenvalue weighted by Crippen LogP contribution is 2.27. The van der Waals surface area contributed by atoms with Crippen LogP contribution in [-0.4, -0.2) is 9.78 Å². The lowest BCUT2D eigenvalue weighted by Crippen LogP contribution is -2.12. The fourth-order valence-corrected chi connectivity index (χ4v) is 2.13. The van der Waals surface area contributed by atoms with Crippen LogP contribution >= 0.6 is 0 Å². The summed E-state index contributed by atoms with van der Waals surface area (Å²) in [5.41, 5.74) is 5.82. The first kappa shape index (κ1) is 8.60. The molecule has 0 aliphatic heterocycles. The number of nitrogens with two attached hydrogens (primary N) is 1. The molecule has 0 bridgehead atoms. The van der Waals surface area contributed by atoms with Crippen molar-refractivity contribution in [1.82, 2.24) is 9.78 Å². The number of hydrogen-bond donors (Lipinski definition) is 1. The molecular weight excluding hydrogens is 162 g/mol. The van der Waals surface area contributed by atoms with E-state index in [-0.39, 0.29) is 0 Å². The molecule has 3 heteroatoms. The van der Waals surface area contributed by atoms with Gasteiger partial charge in [0.15, 0.2) is 0 Å². The van der Waals surface area contributed by atoms with Gasteiger partial charge < -0.3 is 5.73 Å². The van der Waals surface area contributed by atoms with E-state index in [1.54, 1.807) is 6.20 Å². The Morgan fingerprint density at radius 2 is 1.92 bits per heavy atom.